The molecule has 202 valence electrons. The van der Waals surface area contributed by atoms with Gasteiger partial charge in [0.25, 0.3) is 17.2 Å². The topological polar surface area (TPSA) is 108 Å². The molecule has 0 N–H and O–H groups in total. The van der Waals surface area contributed by atoms with Crippen LogP contribution in [0.1, 0.15) is 55.8 Å². The number of rotatable bonds is 10. The zero-order valence-corrected chi connectivity index (χ0v) is 22.7. The van der Waals surface area contributed by atoms with Gasteiger partial charge in [0.05, 0.1) is 34.2 Å². The zero-order valence-electron chi connectivity index (χ0n) is 22.0. The average Bonchev–Trinajstić information content (AvgIpc) is 2.93. The van der Waals surface area contributed by atoms with Gasteiger partial charge in [-0.05, 0) is 56.7 Å². The van der Waals surface area contributed by atoms with E-state index >= 15 is 0 Å². The number of hydrogen-bond donors (Lipinski definition) is 0. The van der Waals surface area contributed by atoms with Crippen molar-refractivity contribution in [1.29, 1.82) is 0 Å². The number of benzene rings is 3. The van der Waals surface area contributed by atoms with Crippen molar-refractivity contribution < 1.29 is 14.5 Å². The van der Waals surface area contributed by atoms with Gasteiger partial charge in [-0.1, -0.05) is 49.2 Å². The molecular weight excluding hydrogens is 520 g/mol. The van der Waals surface area contributed by atoms with Crippen molar-refractivity contribution in [2.75, 3.05) is 13.2 Å². The van der Waals surface area contributed by atoms with Gasteiger partial charge >= 0.3 is 0 Å². The highest BCUT2D eigenvalue weighted by atomic mass is 35.5. The minimum Gasteiger partial charge on any atom is -0.492 e. The Labute approximate surface area is 230 Å². The number of amides is 1. The molecule has 4 aromatic rings. The number of unbranched alkanes of at least 4 members (excludes halogenated alkanes) is 1. The van der Waals surface area contributed by atoms with Crippen LogP contribution in [0.4, 0.5) is 5.69 Å². The number of nitro benzene ring substituents is 1. The van der Waals surface area contributed by atoms with E-state index in [9.17, 15) is 19.7 Å². The molecule has 0 saturated carbocycles. The molecule has 39 heavy (non-hydrogen) atoms. The molecule has 0 fully saturated rings. The fourth-order valence-electron chi connectivity index (χ4n) is 4.47. The predicted molar refractivity (Wildman–Crippen MR) is 151 cm³/mol. The molecule has 1 heterocycles. The number of ether oxygens (including phenoxy) is 1. The van der Waals surface area contributed by atoms with Crippen LogP contribution in [-0.2, 0) is 0 Å². The highest BCUT2D eigenvalue weighted by Crippen LogP contribution is 2.30. The lowest BCUT2D eigenvalue weighted by molar-refractivity contribution is -0.384. The van der Waals surface area contributed by atoms with E-state index in [-0.39, 0.29) is 21.8 Å². The summed E-state index contributed by atoms with van der Waals surface area (Å²) in [6, 6.07) is 17.5. The lowest BCUT2D eigenvalue weighted by Crippen LogP contribution is -2.38. The number of carbonyl (C=O) groups is 1. The summed E-state index contributed by atoms with van der Waals surface area (Å²) in [6.07, 6.45) is 1.49. The summed E-state index contributed by atoms with van der Waals surface area (Å²) < 4.78 is 7.33. The van der Waals surface area contributed by atoms with Gasteiger partial charge in [-0.2, -0.15) is 0 Å². The van der Waals surface area contributed by atoms with Crippen LogP contribution in [0.3, 0.4) is 0 Å². The number of nitrogens with zero attached hydrogens (tertiary/aromatic N) is 4. The third kappa shape index (κ3) is 5.63. The van der Waals surface area contributed by atoms with Crippen LogP contribution < -0.4 is 10.3 Å². The minimum atomic E-state index is -0.675. The van der Waals surface area contributed by atoms with Crippen molar-refractivity contribution in [1.82, 2.24) is 14.5 Å². The van der Waals surface area contributed by atoms with Crippen LogP contribution in [0, 0.1) is 10.1 Å². The molecule has 0 saturated heterocycles. The van der Waals surface area contributed by atoms with Crippen LogP contribution in [0.5, 0.6) is 5.75 Å². The van der Waals surface area contributed by atoms with Crippen LogP contribution in [0.2, 0.25) is 5.02 Å². The SMILES string of the molecule is CCCCN(C(=O)c1ccc(Cl)c([N+](=O)[O-])c1)C(C)c1nc2ccccc2c(=O)n1-c1ccccc1OCC. The first-order valence-corrected chi connectivity index (χ1v) is 13.1. The molecule has 0 spiro atoms. The summed E-state index contributed by atoms with van der Waals surface area (Å²) in [4.78, 5) is 45.1. The summed E-state index contributed by atoms with van der Waals surface area (Å²) >= 11 is 5.99. The fraction of sp³-hybridized carbons (Fsp3) is 0.276. The first-order chi connectivity index (χ1) is 18.8. The maximum absolute atomic E-state index is 13.9. The van der Waals surface area contributed by atoms with Crippen LogP contribution >= 0.6 is 11.6 Å². The van der Waals surface area contributed by atoms with Crippen LogP contribution in [0.25, 0.3) is 16.6 Å². The second-order valence-corrected chi connectivity index (χ2v) is 9.39. The van der Waals surface area contributed by atoms with E-state index in [1.54, 1.807) is 54.3 Å². The maximum atomic E-state index is 13.9. The maximum Gasteiger partial charge on any atom is 0.288 e. The molecule has 3 aromatic carbocycles. The number of aromatic nitrogens is 2. The highest BCUT2D eigenvalue weighted by Gasteiger charge is 2.29. The first-order valence-electron chi connectivity index (χ1n) is 12.8. The largest absolute Gasteiger partial charge is 0.492 e. The number of carbonyl (C=O) groups excluding carboxylic acids is 1. The van der Waals surface area contributed by atoms with E-state index in [1.807, 2.05) is 19.9 Å². The van der Waals surface area contributed by atoms with Crippen molar-refractivity contribution in [2.45, 2.75) is 39.7 Å². The lowest BCUT2D eigenvalue weighted by Gasteiger charge is -2.31. The second kappa shape index (κ2) is 12.1. The number of hydrogen-bond acceptors (Lipinski definition) is 6. The summed E-state index contributed by atoms with van der Waals surface area (Å²) in [5.41, 5.74) is 0.490. The van der Waals surface area contributed by atoms with Crippen molar-refractivity contribution in [3.05, 3.63) is 104 Å². The molecule has 1 amide bonds. The van der Waals surface area contributed by atoms with Gasteiger partial charge < -0.3 is 9.64 Å². The summed E-state index contributed by atoms with van der Waals surface area (Å²) in [5.74, 6) is 0.425. The zero-order chi connectivity index (χ0) is 28.1. The Morgan fingerprint density at radius 1 is 1.13 bits per heavy atom. The van der Waals surface area contributed by atoms with Crippen molar-refractivity contribution in [3.63, 3.8) is 0 Å². The summed E-state index contributed by atoms with van der Waals surface area (Å²) in [7, 11) is 0. The first kappa shape index (κ1) is 27.8. The molecule has 10 heteroatoms. The normalized spacial score (nSPS) is 11.8. The number of halogens is 1. The van der Waals surface area contributed by atoms with Gasteiger partial charge in [-0.15, -0.1) is 0 Å². The number of para-hydroxylation sites is 3. The molecular formula is C29H29ClN4O5. The number of nitro groups is 1. The highest BCUT2D eigenvalue weighted by molar-refractivity contribution is 6.32. The van der Waals surface area contributed by atoms with Crippen molar-refractivity contribution >= 4 is 34.1 Å². The van der Waals surface area contributed by atoms with E-state index in [2.05, 4.69) is 0 Å². The summed E-state index contributed by atoms with van der Waals surface area (Å²) in [5, 5.41) is 11.9. The molecule has 1 unspecified atom stereocenters. The van der Waals surface area contributed by atoms with Crippen molar-refractivity contribution in [3.8, 4) is 11.4 Å². The molecule has 4 rings (SSSR count). The van der Waals surface area contributed by atoms with E-state index < -0.39 is 16.9 Å². The molecule has 0 radical (unpaired) electrons. The number of fused-ring (bicyclic) bond motifs is 1. The Balaban J connectivity index is 1.92. The molecule has 0 aliphatic carbocycles. The molecule has 9 nitrogen and oxygen atoms in total. The van der Waals surface area contributed by atoms with Gasteiger partial charge in [-0.3, -0.25) is 24.3 Å². The standard InChI is InChI=1S/C29H29ClN4O5/c1-4-6-17-32(28(35)20-15-16-22(30)25(18-20)34(37)38)19(3)27-31-23-12-8-7-11-21(23)29(36)33(27)24-13-9-10-14-26(24)39-5-2/h7-16,18-19H,4-6,17H2,1-3H3. The Morgan fingerprint density at radius 2 is 1.85 bits per heavy atom. The van der Waals surface area contributed by atoms with Gasteiger partial charge in [0.2, 0.25) is 0 Å². The molecule has 0 aliphatic heterocycles. The molecule has 1 aromatic heterocycles. The van der Waals surface area contributed by atoms with Gasteiger partial charge in [0.15, 0.2) is 0 Å². The van der Waals surface area contributed by atoms with Gasteiger partial charge in [-0.25, -0.2) is 4.98 Å². The lowest BCUT2D eigenvalue weighted by atomic mass is 10.1. The second-order valence-electron chi connectivity index (χ2n) is 8.98. The fourth-order valence-corrected chi connectivity index (χ4v) is 4.66. The average molecular weight is 549 g/mol. The van der Waals surface area contributed by atoms with E-state index in [4.69, 9.17) is 21.3 Å². The minimum absolute atomic E-state index is 0.0535. The predicted octanol–water partition coefficient (Wildman–Crippen LogP) is 6.35. The smallest absolute Gasteiger partial charge is 0.288 e. The van der Waals surface area contributed by atoms with E-state index in [0.29, 0.717) is 47.7 Å². The summed E-state index contributed by atoms with van der Waals surface area (Å²) in [6.45, 7) is 6.41. The third-order valence-electron chi connectivity index (χ3n) is 6.45. The van der Waals surface area contributed by atoms with E-state index in [1.165, 1.54) is 22.8 Å². The third-order valence-corrected chi connectivity index (χ3v) is 6.77. The molecule has 1 atom stereocenters. The van der Waals surface area contributed by atoms with Crippen molar-refractivity contribution in [2.24, 2.45) is 0 Å². The van der Waals surface area contributed by atoms with Crippen LogP contribution in [-0.4, -0.2) is 38.4 Å². The van der Waals surface area contributed by atoms with E-state index in [0.717, 1.165) is 6.42 Å². The monoisotopic (exact) mass is 548 g/mol. The Bertz CT molecular complexity index is 1590. The van der Waals surface area contributed by atoms with Gasteiger partial charge in [0.1, 0.15) is 16.6 Å². The Morgan fingerprint density at radius 3 is 2.56 bits per heavy atom. The van der Waals surface area contributed by atoms with Crippen LogP contribution in [0.15, 0.2) is 71.5 Å². The Kier molecular flexibility index (Phi) is 8.61. The van der Waals surface area contributed by atoms with Gasteiger partial charge in [0, 0.05) is 18.2 Å². The quantitative estimate of drug-likeness (QED) is 0.169. The Hall–Kier alpha value is -4.24. The molecule has 0 bridgehead atoms. The molecule has 0 aliphatic rings.